The second-order valence-corrected chi connectivity index (χ2v) is 4.73. The number of nitrogen functional groups attached to an aromatic ring is 1. The molecule has 2 N–H and O–H groups in total. The Kier molecular flexibility index (Phi) is 3.59. The van der Waals surface area contributed by atoms with Gasteiger partial charge in [-0.3, -0.25) is 0 Å². The molecule has 0 aliphatic rings. The molecule has 0 saturated carbocycles. The lowest BCUT2D eigenvalue weighted by molar-refractivity contribution is 1.20. The van der Waals surface area contributed by atoms with Crippen LogP contribution in [0.1, 0.15) is 0 Å². The van der Waals surface area contributed by atoms with Crippen molar-refractivity contribution in [2.75, 3.05) is 23.9 Å². The molecule has 0 unspecified atom stereocenters. The van der Waals surface area contributed by atoms with Crippen LogP contribution >= 0.6 is 11.8 Å². The first-order chi connectivity index (χ1) is 8.20. The Labute approximate surface area is 106 Å². The van der Waals surface area contributed by atoms with Gasteiger partial charge in [0.25, 0.3) is 0 Å². The molecule has 0 heterocycles. The molecule has 0 spiro atoms. The molecule has 0 atom stereocenters. The number of nitrogens with two attached hydrogens (primary N) is 1. The fourth-order valence-electron chi connectivity index (χ4n) is 1.65. The van der Waals surface area contributed by atoms with E-state index in [1.54, 1.807) is 11.8 Å². The van der Waals surface area contributed by atoms with E-state index in [0.717, 1.165) is 11.4 Å². The summed E-state index contributed by atoms with van der Waals surface area (Å²) in [5, 5.41) is 0. The van der Waals surface area contributed by atoms with E-state index < -0.39 is 0 Å². The van der Waals surface area contributed by atoms with Crippen LogP contribution in [-0.4, -0.2) is 13.3 Å². The van der Waals surface area contributed by atoms with Gasteiger partial charge >= 0.3 is 0 Å². The van der Waals surface area contributed by atoms with E-state index in [9.17, 15) is 0 Å². The summed E-state index contributed by atoms with van der Waals surface area (Å²) in [4.78, 5) is 3.42. The maximum Gasteiger partial charge on any atom is 0.0409 e. The lowest BCUT2D eigenvalue weighted by atomic mass is 10.2. The second-order valence-electron chi connectivity index (χ2n) is 3.85. The zero-order valence-corrected chi connectivity index (χ0v) is 10.9. The van der Waals surface area contributed by atoms with Gasteiger partial charge in [0, 0.05) is 29.0 Å². The molecule has 0 amide bonds. The summed E-state index contributed by atoms with van der Waals surface area (Å²) < 4.78 is 0. The number of thioether (sulfide) groups is 1. The van der Waals surface area contributed by atoms with Crippen molar-refractivity contribution in [1.82, 2.24) is 0 Å². The van der Waals surface area contributed by atoms with Gasteiger partial charge in [0.1, 0.15) is 0 Å². The van der Waals surface area contributed by atoms with Gasteiger partial charge in [-0.05, 0) is 54.8 Å². The highest BCUT2D eigenvalue weighted by Gasteiger charge is 2.03. The van der Waals surface area contributed by atoms with Crippen molar-refractivity contribution in [3.05, 3.63) is 48.5 Å². The molecule has 0 bridgehead atoms. The molecule has 88 valence electrons. The van der Waals surface area contributed by atoms with Crippen LogP contribution in [0.3, 0.4) is 0 Å². The van der Waals surface area contributed by atoms with E-state index in [1.165, 1.54) is 10.6 Å². The maximum atomic E-state index is 5.68. The molecule has 3 heteroatoms. The predicted octanol–water partition coefficient (Wildman–Crippen LogP) is 3.76. The van der Waals surface area contributed by atoms with Gasteiger partial charge in [-0.15, -0.1) is 11.8 Å². The topological polar surface area (TPSA) is 29.3 Å². The van der Waals surface area contributed by atoms with Crippen molar-refractivity contribution in [3.63, 3.8) is 0 Å². The van der Waals surface area contributed by atoms with E-state index in [1.807, 2.05) is 24.3 Å². The molecule has 0 radical (unpaired) electrons. The molecule has 0 aromatic heterocycles. The molecule has 0 saturated heterocycles. The second kappa shape index (κ2) is 5.15. The average molecular weight is 244 g/mol. The third-order valence-electron chi connectivity index (χ3n) is 2.74. The number of hydrogen-bond acceptors (Lipinski definition) is 3. The van der Waals surface area contributed by atoms with Gasteiger partial charge in [-0.25, -0.2) is 0 Å². The van der Waals surface area contributed by atoms with Crippen molar-refractivity contribution in [2.24, 2.45) is 0 Å². The summed E-state index contributed by atoms with van der Waals surface area (Å²) in [6.07, 6.45) is 2.08. The van der Waals surface area contributed by atoms with Crippen LogP contribution in [0.2, 0.25) is 0 Å². The quantitative estimate of drug-likeness (QED) is 0.658. The largest absolute Gasteiger partial charge is 0.399 e. The molecule has 2 nitrogen and oxygen atoms in total. The minimum atomic E-state index is 0.792. The molecule has 2 aromatic carbocycles. The van der Waals surface area contributed by atoms with Crippen LogP contribution in [0.4, 0.5) is 17.1 Å². The first-order valence-corrected chi connectivity index (χ1v) is 6.66. The van der Waals surface area contributed by atoms with Crippen LogP contribution in [0.25, 0.3) is 0 Å². The first kappa shape index (κ1) is 11.9. The first-order valence-electron chi connectivity index (χ1n) is 5.44. The van der Waals surface area contributed by atoms with E-state index >= 15 is 0 Å². The van der Waals surface area contributed by atoms with E-state index in [-0.39, 0.29) is 0 Å². The molecular formula is C14H16N2S. The minimum Gasteiger partial charge on any atom is -0.399 e. The Balaban J connectivity index is 2.23. The monoisotopic (exact) mass is 244 g/mol. The SMILES string of the molecule is CSc1ccc(N(C)c2ccc(N)cc2)cc1. The van der Waals surface area contributed by atoms with E-state index in [4.69, 9.17) is 5.73 Å². The smallest absolute Gasteiger partial charge is 0.0409 e. The van der Waals surface area contributed by atoms with Gasteiger partial charge < -0.3 is 10.6 Å². The number of benzene rings is 2. The summed E-state index contributed by atoms with van der Waals surface area (Å²) in [7, 11) is 2.06. The van der Waals surface area contributed by atoms with E-state index in [0.29, 0.717) is 0 Å². The molecule has 2 aromatic rings. The maximum absolute atomic E-state index is 5.68. The molecule has 0 fully saturated rings. The number of anilines is 3. The summed E-state index contributed by atoms with van der Waals surface area (Å²) in [5.41, 5.74) is 8.78. The van der Waals surface area contributed by atoms with Crippen molar-refractivity contribution >= 4 is 28.8 Å². The lowest BCUT2D eigenvalue weighted by Gasteiger charge is -2.19. The Morgan fingerprint density at radius 3 is 1.82 bits per heavy atom. The Morgan fingerprint density at radius 1 is 0.882 bits per heavy atom. The summed E-state index contributed by atoms with van der Waals surface area (Å²) in [6, 6.07) is 16.4. The van der Waals surface area contributed by atoms with Gasteiger partial charge in [-0.2, -0.15) is 0 Å². The lowest BCUT2D eigenvalue weighted by Crippen LogP contribution is -2.09. The van der Waals surface area contributed by atoms with Crippen molar-refractivity contribution in [2.45, 2.75) is 4.90 Å². The Bertz CT molecular complexity index is 477. The van der Waals surface area contributed by atoms with Gasteiger partial charge in [-0.1, -0.05) is 0 Å². The zero-order chi connectivity index (χ0) is 12.3. The van der Waals surface area contributed by atoms with E-state index in [2.05, 4.69) is 42.5 Å². The highest BCUT2D eigenvalue weighted by molar-refractivity contribution is 7.98. The van der Waals surface area contributed by atoms with Crippen LogP contribution in [0, 0.1) is 0 Å². The highest BCUT2D eigenvalue weighted by Crippen LogP contribution is 2.26. The van der Waals surface area contributed by atoms with Crippen LogP contribution in [0.5, 0.6) is 0 Å². The number of hydrogen-bond donors (Lipinski definition) is 1. The van der Waals surface area contributed by atoms with Crippen molar-refractivity contribution in [1.29, 1.82) is 0 Å². The third kappa shape index (κ3) is 2.74. The summed E-state index contributed by atoms with van der Waals surface area (Å²) in [5.74, 6) is 0. The van der Waals surface area contributed by atoms with Gasteiger partial charge in [0.15, 0.2) is 0 Å². The standard InChI is InChI=1S/C14H16N2S/c1-16(12-5-3-11(15)4-6-12)13-7-9-14(17-2)10-8-13/h3-10H,15H2,1-2H3. The average Bonchev–Trinajstić information content (AvgIpc) is 2.39. The Hall–Kier alpha value is -1.61. The van der Waals surface area contributed by atoms with Crippen molar-refractivity contribution in [3.8, 4) is 0 Å². The van der Waals surface area contributed by atoms with Gasteiger partial charge in [0.2, 0.25) is 0 Å². The highest BCUT2D eigenvalue weighted by atomic mass is 32.2. The third-order valence-corrected chi connectivity index (χ3v) is 3.48. The van der Waals surface area contributed by atoms with Gasteiger partial charge in [0.05, 0.1) is 0 Å². The summed E-state index contributed by atoms with van der Waals surface area (Å²) >= 11 is 1.75. The van der Waals surface area contributed by atoms with Crippen LogP contribution in [0.15, 0.2) is 53.4 Å². The fraction of sp³-hybridized carbons (Fsp3) is 0.143. The molecule has 0 aliphatic carbocycles. The predicted molar refractivity (Wildman–Crippen MR) is 77.1 cm³/mol. The van der Waals surface area contributed by atoms with Crippen LogP contribution < -0.4 is 10.6 Å². The zero-order valence-electron chi connectivity index (χ0n) is 10.1. The fourth-order valence-corrected chi connectivity index (χ4v) is 2.06. The molecule has 17 heavy (non-hydrogen) atoms. The minimum absolute atomic E-state index is 0.792. The Morgan fingerprint density at radius 2 is 1.35 bits per heavy atom. The normalized spacial score (nSPS) is 10.2. The van der Waals surface area contributed by atoms with Crippen molar-refractivity contribution < 1.29 is 0 Å². The molecule has 2 rings (SSSR count). The number of rotatable bonds is 3. The number of nitrogens with zero attached hydrogens (tertiary/aromatic N) is 1. The molecular weight excluding hydrogens is 228 g/mol. The molecule has 0 aliphatic heterocycles. The van der Waals surface area contributed by atoms with Crippen LogP contribution in [-0.2, 0) is 0 Å². The summed E-state index contributed by atoms with van der Waals surface area (Å²) in [6.45, 7) is 0.